The molecule has 1 fully saturated rings. The molecule has 1 aliphatic heterocycles. The minimum absolute atomic E-state index is 0.122. The van der Waals surface area contributed by atoms with Crippen LogP contribution in [0.4, 0.5) is 5.82 Å². The Balaban J connectivity index is 2.03. The number of carbonyl (C=O) groups excluding carboxylic acids is 1. The van der Waals surface area contributed by atoms with Gasteiger partial charge in [-0.15, -0.1) is 0 Å². The van der Waals surface area contributed by atoms with Crippen LogP contribution in [0.15, 0.2) is 18.3 Å². The molecule has 1 aliphatic rings. The zero-order chi connectivity index (χ0) is 17.5. The predicted molar refractivity (Wildman–Crippen MR) is 100 cm³/mol. The molecule has 0 radical (unpaired) electrons. The Morgan fingerprint density at radius 2 is 1.67 bits per heavy atom. The van der Waals surface area contributed by atoms with E-state index in [2.05, 4.69) is 37.6 Å². The first-order valence-electron chi connectivity index (χ1n) is 9.47. The second kappa shape index (κ2) is 9.05. The fourth-order valence-electron chi connectivity index (χ4n) is 2.97. The van der Waals surface area contributed by atoms with E-state index in [4.69, 9.17) is 0 Å². The van der Waals surface area contributed by atoms with E-state index in [0.29, 0.717) is 17.4 Å². The van der Waals surface area contributed by atoms with Gasteiger partial charge in [0.25, 0.3) is 5.91 Å². The van der Waals surface area contributed by atoms with Gasteiger partial charge in [-0.2, -0.15) is 0 Å². The molecule has 1 saturated heterocycles. The largest absolute Gasteiger partial charge is 0.357 e. The molecule has 0 aliphatic carbocycles. The Morgan fingerprint density at radius 1 is 1.08 bits per heavy atom. The Kier molecular flexibility index (Phi) is 7.07. The number of nitrogens with zero attached hydrogens (tertiary/aromatic N) is 3. The van der Waals surface area contributed by atoms with Crippen molar-refractivity contribution in [1.29, 1.82) is 0 Å². The van der Waals surface area contributed by atoms with E-state index >= 15 is 0 Å². The van der Waals surface area contributed by atoms with E-state index in [1.807, 2.05) is 17.0 Å². The van der Waals surface area contributed by atoms with E-state index in [1.54, 1.807) is 6.20 Å². The summed E-state index contributed by atoms with van der Waals surface area (Å²) in [6, 6.07) is 3.95. The van der Waals surface area contributed by atoms with E-state index in [0.717, 1.165) is 44.8 Å². The highest BCUT2D eigenvalue weighted by Crippen LogP contribution is 2.18. The van der Waals surface area contributed by atoms with Crippen LogP contribution < -0.4 is 4.90 Å². The van der Waals surface area contributed by atoms with Crippen LogP contribution in [0, 0.1) is 11.8 Å². The first-order chi connectivity index (χ1) is 11.5. The van der Waals surface area contributed by atoms with E-state index < -0.39 is 0 Å². The third-order valence-corrected chi connectivity index (χ3v) is 4.66. The van der Waals surface area contributed by atoms with Crippen LogP contribution in [0.5, 0.6) is 0 Å². The van der Waals surface area contributed by atoms with Crippen LogP contribution in [0.1, 0.15) is 63.7 Å². The number of rotatable bonds is 8. The summed E-state index contributed by atoms with van der Waals surface area (Å²) in [6.45, 7) is 12.6. The lowest BCUT2D eigenvalue weighted by Crippen LogP contribution is -2.34. The fraction of sp³-hybridized carbons (Fsp3) is 0.700. The minimum atomic E-state index is 0.122. The first-order valence-corrected chi connectivity index (χ1v) is 9.47. The summed E-state index contributed by atoms with van der Waals surface area (Å²) in [6.07, 6.45) is 6.32. The maximum absolute atomic E-state index is 12.9. The highest BCUT2D eigenvalue weighted by Gasteiger charge is 2.18. The van der Waals surface area contributed by atoms with Gasteiger partial charge in [-0.3, -0.25) is 4.79 Å². The first kappa shape index (κ1) is 18.8. The lowest BCUT2D eigenvalue weighted by Gasteiger charge is -2.25. The zero-order valence-electron chi connectivity index (χ0n) is 15.8. The summed E-state index contributed by atoms with van der Waals surface area (Å²) in [4.78, 5) is 21.7. The van der Waals surface area contributed by atoms with Crippen molar-refractivity contribution in [3.8, 4) is 0 Å². The highest BCUT2D eigenvalue weighted by atomic mass is 16.2. The summed E-state index contributed by atoms with van der Waals surface area (Å²) in [5.74, 6) is 2.33. The molecule has 1 amide bonds. The van der Waals surface area contributed by atoms with Crippen LogP contribution in [-0.2, 0) is 0 Å². The quantitative estimate of drug-likeness (QED) is 0.716. The van der Waals surface area contributed by atoms with Crippen LogP contribution >= 0.6 is 0 Å². The summed E-state index contributed by atoms with van der Waals surface area (Å²) in [5, 5.41) is 0. The molecule has 0 spiro atoms. The highest BCUT2D eigenvalue weighted by molar-refractivity contribution is 5.94. The van der Waals surface area contributed by atoms with Crippen molar-refractivity contribution in [2.24, 2.45) is 11.8 Å². The van der Waals surface area contributed by atoms with Gasteiger partial charge in [0, 0.05) is 32.4 Å². The normalized spacial score (nSPS) is 14.7. The molecule has 4 heteroatoms. The number of anilines is 1. The van der Waals surface area contributed by atoms with Crippen molar-refractivity contribution < 1.29 is 4.79 Å². The lowest BCUT2D eigenvalue weighted by atomic mass is 10.1. The molecule has 0 bridgehead atoms. The molecular weight excluding hydrogens is 298 g/mol. The maximum atomic E-state index is 12.9. The Bertz CT molecular complexity index is 492. The minimum Gasteiger partial charge on any atom is -0.357 e. The molecule has 4 nitrogen and oxygen atoms in total. The van der Waals surface area contributed by atoms with Crippen LogP contribution in [0.3, 0.4) is 0 Å². The molecule has 0 aromatic carbocycles. The number of carbonyl (C=O) groups is 1. The molecule has 0 saturated carbocycles. The molecule has 0 unspecified atom stereocenters. The standard InChI is InChI=1S/C20H33N3O/c1-16(2)9-13-23(14-10-17(3)4)20(24)18-7-8-19(21-15-18)22-11-5-6-12-22/h7-8,15-17H,5-6,9-14H2,1-4H3. The lowest BCUT2D eigenvalue weighted by molar-refractivity contribution is 0.0740. The molecule has 134 valence electrons. The number of hydrogen-bond acceptors (Lipinski definition) is 3. The Labute approximate surface area is 147 Å². The summed E-state index contributed by atoms with van der Waals surface area (Å²) >= 11 is 0. The van der Waals surface area contributed by atoms with Gasteiger partial charge in [0.05, 0.1) is 5.56 Å². The molecule has 1 aromatic rings. The van der Waals surface area contributed by atoms with Gasteiger partial charge in [-0.25, -0.2) is 4.98 Å². The predicted octanol–water partition coefficient (Wildman–Crippen LogP) is 4.22. The third-order valence-electron chi connectivity index (χ3n) is 4.66. The SMILES string of the molecule is CC(C)CCN(CCC(C)C)C(=O)c1ccc(N2CCCC2)nc1. The number of pyridine rings is 1. The van der Waals surface area contributed by atoms with E-state index in [9.17, 15) is 4.79 Å². The van der Waals surface area contributed by atoms with Gasteiger partial charge in [0.1, 0.15) is 5.82 Å². The topological polar surface area (TPSA) is 36.4 Å². The monoisotopic (exact) mass is 331 g/mol. The van der Waals surface area contributed by atoms with Crippen LogP contribution in [-0.4, -0.2) is 42.0 Å². The van der Waals surface area contributed by atoms with Crippen LogP contribution in [0.2, 0.25) is 0 Å². The van der Waals surface area contributed by atoms with Gasteiger partial charge in [0.15, 0.2) is 0 Å². The van der Waals surface area contributed by atoms with Gasteiger partial charge in [0.2, 0.25) is 0 Å². The van der Waals surface area contributed by atoms with Crippen molar-refractivity contribution in [1.82, 2.24) is 9.88 Å². The molecule has 2 rings (SSSR count). The van der Waals surface area contributed by atoms with Gasteiger partial charge in [-0.1, -0.05) is 27.7 Å². The zero-order valence-corrected chi connectivity index (χ0v) is 15.8. The van der Waals surface area contributed by atoms with Crippen molar-refractivity contribution in [3.63, 3.8) is 0 Å². The van der Waals surface area contributed by atoms with Gasteiger partial charge < -0.3 is 9.80 Å². The van der Waals surface area contributed by atoms with Gasteiger partial charge >= 0.3 is 0 Å². The molecular formula is C20H33N3O. The summed E-state index contributed by atoms with van der Waals surface area (Å²) in [5.41, 5.74) is 0.713. The fourth-order valence-corrected chi connectivity index (χ4v) is 2.97. The second-order valence-electron chi connectivity index (χ2n) is 7.76. The number of aromatic nitrogens is 1. The smallest absolute Gasteiger partial charge is 0.255 e. The van der Waals surface area contributed by atoms with Crippen molar-refractivity contribution in [2.75, 3.05) is 31.1 Å². The third kappa shape index (κ3) is 5.50. The number of hydrogen-bond donors (Lipinski definition) is 0. The van der Waals surface area contributed by atoms with Crippen molar-refractivity contribution in [2.45, 2.75) is 53.4 Å². The second-order valence-corrected chi connectivity index (χ2v) is 7.76. The number of amides is 1. The molecule has 1 aromatic heterocycles. The Hall–Kier alpha value is -1.58. The van der Waals surface area contributed by atoms with Crippen molar-refractivity contribution >= 4 is 11.7 Å². The van der Waals surface area contributed by atoms with Crippen molar-refractivity contribution in [3.05, 3.63) is 23.9 Å². The molecule has 2 heterocycles. The average molecular weight is 332 g/mol. The summed E-state index contributed by atoms with van der Waals surface area (Å²) in [7, 11) is 0. The maximum Gasteiger partial charge on any atom is 0.255 e. The molecule has 0 atom stereocenters. The van der Waals surface area contributed by atoms with E-state index in [1.165, 1.54) is 12.8 Å². The summed E-state index contributed by atoms with van der Waals surface area (Å²) < 4.78 is 0. The van der Waals surface area contributed by atoms with Crippen LogP contribution in [0.25, 0.3) is 0 Å². The molecule has 0 N–H and O–H groups in total. The molecule has 24 heavy (non-hydrogen) atoms. The van der Waals surface area contributed by atoms with E-state index in [-0.39, 0.29) is 5.91 Å². The average Bonchev–Trinajstić information content (AvgIpc) is 3.08. The Morgan fingerprint density at radius 3 is 2.12 bits per heavy atom. The van der Waals surface area contributed by atoms with Gasteiger partial charge in [-0.05, 0) is 49.7 Å².